The van der Waals surface area contributed by atoms with Crippen molar-refractivity contribution in [1.82, 2.24) is 0 Å². The Morgan fingerprint density at radius 3 is 2.21 bits per heavy atom. The minimum Gasteiger partial charge on any atom is -0.198 e. The third-order valence-electron chi connectivity index (χ3n) is 12.2. The molecule has 0 aromatic heterocycles. The van der Waals surface area contributed by atoms with Crippen molar-refractivity contribution in [3.63, 3.8) is 0 Å². The molecule has 0 amide bonds. The van der Waals surface area contributed by atoms with Crippen LogP contribution in [-0.4, -0.2) is 0 Å². The van der Waals surface area contributed by atoms with E-state index in [-0.39, 0.29) is 11.8 Å². The predicted molar refractivity (Wildman–Crippen MR) is 213 cm³/mol. The third kappa shape index (κ3) is 4.48. The van der Waals surface area contributed by atoms with E-state index in [4.69, 9.17) is 0 Å². The highest BCUT2D eigenvalue weighted by atomic mass is 14.4. The van der Waals surface area contributed by atoms with Gasteiger partial charge in [-0.25, -0.2) is 0 Å². The summed E-state index contributed by atoms with van der Waals surface area (Å²) in [5.41, 5.74) is 21.9. The monoisotopic (exact) mass is 664 g/mol. The quantitative estimate of drug-likeness (QED) is 0.189. The highest BCUT2D eigenvalue weighted by Crippen LogP contribution is 2.56. The van der Waals surface area contributed by atoms with Crippen LogP contribution in [0.5, 0.6) is 0 Å². The van der Waals surface area contributed by atoms with E-state index in [1.807, 2.05) is 12.1 Å². The fourth-order valence-corrected chi connectivity index (χ4v) is 9.74. The molecule has 0 spiro atoms. The number of benzene rings is 6. The molecule has 0 fully saturated rings. The van der Waals surface area contributed by atoms with Gasteiger partial charge in [-0.05, 0) is 163 Å². The van der Waals surface area contributed by atoms with Crippen LogP contribution in [0, 0.1) is 42.4 Å². The standard InChI is InChI=1S/C50H36N2/c1-29-7-5-8-30(2)49(29)39-21-22-40-45-26-48-46(25-44(45)38-12-6-11-37(39)50(38)40)42(34-19-15-32(28-52)16-20-34)24-43-36-10-4-3-9-35(36)41(23-47(43)48)33-17-13-31(27-51)14-18-33/h3-11,13,15-22,24-26,31,38,41H,12,14,23H2,1-2H3. The fourth-order valence-electron chi connectivity index (χ4n) is 9.74. The van der Waals surface area contributed by atoms with Crippen LogP contribution in [0.25, 0.3) is 61.4 Å². The first-order valence-electron chi connectivity index (χ1n) is 18.4. The number of allylic oxidation sites excluding steroid dienone is 5. The first-order valence-corrected chi connectivity index (χ1v) is 18.4. The average Bonchev–Trinajstić information content (AvgIpc) is 3.50. The lowest BCUT2D eigenvalue weighted by Crippen LogP contribution is -2.15. The summed E-state index contributed by atoms with van der Waals surface area (Å²) in [5, 5.41) is 21.8. The van der Waals surface area contributed by atoms with Gasteiger partial charge in [-0.3, -0.25) is 0 Å². The fraction of sp³-hybridized carbons (Fsp3) is 0.160. The van der Waals surface area contributed by atoms with Gasteiger partial charge in [0.25, 0.3) is 0 Å². The molecule has 3 atom stereocenters. The molecule has 2 heteroatoms. The predicted octanol–water partition coefficient (Wildman–Crippen LogP) is 12.5. The molecule has 246 valence electrons. The average molecular weight is 665 g/mol. The lowest BCUT2D eigenvalue weighted by Gasteiger charge is -2.32. The SMILES string of the molecule is Cc1cccc(C)c1-c1ccc2c3c1C=CCC3c1cc3c(-c4ccc(C#N)cc4)cc4c(c3cc1-2)CC(C1=CCC(C#N)C=C1)c1ccccc1-4. The van der Waals surface area contributed by atoms with Gasteiger partial charge in [0.2, 0.25) is 0 Å². The van der Waals surface area contributed by atoms with Crippen molar-refractivity contribution in [3.8, 4) is 56.6 Å². The van der Waals surface area contributed by atoms with Gasteiger partial charge in [-0.2, -0.15) is 10.5 Å². The number of nitriles is 2. The number of nitrogens with zero attached hydrogens (tertiary/aromatic N) is 2. The minimum atomic E-state index is -0.0569. The van der Waals surface area contributed by atoms with Gasteiger partial charge < -0.3 is 0 Å². The van der Waals surface area contributed by atoms with Gasteiger partial charge in [-0.1, -0.05) is 97.1 Å². The Morgan fingerprint density at radius 2 is 1.44 bits per heavy atom. The Balaban J connectivity index is 1.23. The zero-order valence-corrected chi connectivity index (χ0v) is 29.4. The van der Waals surface area contributed by atoms with Crippen molar-refractivity contribution >= 4 is 16.8 Å². The van der Waals surface area contributed by atoms with Crippen molar-refractivity contribution in [2.24, 2.45) is 5.92 Å². The Morgan fingerprint density at radius 1 is 0.635 bits per heavy atom. The van der Waals surface area contributed by atoms with Crippen LogP contribution in [-0.2, 0) is 6.42 Å². The molecule has 0 saturated carbocycles. The highest BCUT2D eigenvalue weighted by Gasteiger charge is 2.36. The van der Waals surface area contributed by atoms with Crippen molar-refractivity contribution in [3.05, 3.63) is 171 Å². The second kappa shape index (κ2) is 11.7. The van der Waals surface area contributed by atoms with E-state index < -0.39 is 0 Å². The van der Waals surface area contributed by atoms with Gasteiger partial charge in [0.15, 0.2) is 0 Å². The van der Waals surface area contributed by atoms with Crippen LogP contribution in [0.4, 0.5) is 0 Å². The van der Waals surface area contributed by atoms with E-state index >= 15 is 0 Å². The second-order valence-electron chi connectivity index (χ2n) is 14.9. The van der Waals surface area contributed by atoms with E-state index in [1.54, 1.807) is 0 Å². The maximum Gasteiger partial charge on any atom is 0.0991 e. The minimum absolute atomic E-state index is 0.0569. The van der Waals surface area contributed by atoms with Crippen LogP contribution in [0.1, 0.15) is 69.2 Å². The number of hydrogen-bond donors (Lipinski definition) is 0. The molecule has 52 heavy (non-hydrogen) atoms. The molecule has 0 radical (unpaired) electrons. The van der Waals surface area contributed by atoms with Crippen LogP contribution in [0.3, 0.4) is 0 Å². The maximum atomic E-state index is 9.62. The molecule has 4 aliphatic carbocycles. The molecule has 0 bridgehead atoms. The molecule has 4 aliphatic rings. The maximum absolute atomic E-state index is 9.62. The Labute approximate surface area is 305 Å². The van der Waals surface area contributed by atoms with Gasteiger partial charge >= 0.3 is 0 Å². The zero-order valence-electron chi connectivity index (χ0n) is 29.4. The van der Waals surface area contributed by atoms with Crippen LogP contribution in [0.2, 0.25) is 0 Å². The molecule has 0 saturated heterocycles. The number of hydrogen-bond acceptors (Lipinski definition) is 2. The van der Waals surface area contributed by atoms with Gasteiger partial charge in [0, 0.05) is 11.8 Å². The Hall–Kier alpha value is -6.22. The van der Waals surface area contributed by atoms with Crippen LogP contribution < -0.4 is 0 Å². The molecule has 0 heterocycles. The van der Waals surface area contributed by atoms with E-state index in [0.29, 0.717) is 11.5 Å². The zero-order chi connectivity index (χ0) is 35.1. The summed E-state index contributed by atoms with van der Waals surface area (Å²) in [7, 11) is 0. The van der Waals surface area contributed by atoms with E-state index in [9.17, 15) is 10.5 Å². The van der Waals surface area contributed by atoms with Crippen molar-refractivity contribution in [2.75, 3.05) is 0 Å². The summed E-state index contributed by atoms with van der Waals surface area (Å²) in [6, 6.07) is 40.6. The van der Waals surface area contributed by atoms with E-state index in [0.717, 1.165) is 24.8 Å². The molecular formula is C50H36N2. The van der Waals surface area contributed by atoms with Crippen molar-refractivity contribution in [2.45, 2.75) is 44.9 Å². The molecule has 3 unspecified atom stereocenters. The summed E-state index contributed by atoms with van der Waals surface area (Å²) in [5.74, 6) is 0.468. The number of rotatable bonds is 3. The molecule has 0 N–H and O–H groups in total. The lowest BCUT2D eigenvalue weighted by atomic mass is 9.72. The highest BCUT2D eigenvalue weighted by molar-refractivity contribution is 6.07. The smallest absolute Gasteiger partial charge is 0.0991 e. The topological polar surface area (TPSA) is 47.6 Å². The third-order valence-corrected chi connectivity index (χ3v) is 12.2. The summed E-state index contributed by atoms with van der Waals surface area (Å²) >= 11 is 0. The first-order chi connectivity index (χ1) is 25.5. The van der Waals surface area contributed by atoms with E-state index in [2.05, 4.69) is 141 Å². The van der Waals surface area contributed by atoms with Crippen molar-refractivity contribution < 1.29 is 0 Å². The van der Waals surface area contributed by atoms with Crippen LogP contribution in [0.15, 0.2) is 127 Å². The number of fused-ring (bicyclic) bond motifs is 8. The van der Waals surface area contributed by atoms with Gasteiger partial charge in [-0.15, -0.1) is 0 Å². The molecule has 0 aliphatic heterocycles. The second-order valence-corrected chi connectivity index (χ2v) is 14.9. The largest absolute Gasteiger partial charge is 0.198 e. The molecule has 10 rings (SSSR count). The number of aryl methyl sites for hydroxylation is 2. The Kier molecular flexibility index (Phi) is 6.86. The lowest BCUT2D eigenvalue weighted by molar-refractivity contribution is 0.755. The summed E-state index contributed by atoms with van der Waals surface area (Å²) < 4.78 is 0. The normalized spacial score (nSPS) is 18.8. The molecular weight excluding hydrogens is 629 g/mol. The summed E-state index contributed by atoms with van der Waals surface area (Å²) in [6.45, 7) is 4.46. The molecule has 2 nitrogen and oxygen atoms in total. The summed E-state index contributed by atoms with van der Waals surface area (Å²) in [4.78, 5) is 0. The molecule has 6 aromatic carbocycles. The molecule has 6 aromatic rings. The summed E-state index contributed by atoms with van der Waals surface area (Å²) in [6.07, 6.45) is 14.0. The van der Waals surface area contributed by atoms with Crippen molar-refractivity contribution in [1.29, 1.82) is 10.5 Å². The van der Waals surface area contributed by atoms with Crippen LogP contribution >= 0.6 is 0 Å². The van der Waals surface area contributed by atoms with Gasteiger partial charge in [0.1, 0.15) is 0 Å². The van der Waals surface area contributed by atoms with E-state index in [1.165, 1.54) is 94.2 Å². The van der Waals surface area contributed by atoms with Gasteiger partial charge in [0.05, 0.1) is 23.6 Å². The first kappa shape index (κ1) is 30.6. The Bertz CT molecular complexity index is 2680.